The van der Waals surface area contributed by atoms with Crippen LogP contribution in [0.5, 0.6) is 0 Å². The van der Waals surface area contributed by atoms with Crippen LogP contribution in [0.3, 0.4) is 0 Å². The predicted octanol–water partition coefficient (Wildman–Crippen LogP) is 0.771. The third-order valence-electron chi connectivity index (χ3n) is 2.28. The quantitative estimate of drug-likeness (QED) is 0.742. The molecule has 1 unspecified atom stereocenters. The number of nitrogens with one attached hydrogen (secondary N) is 1. The van der Waals surface area contributed by atoms with E-state index in [9.17, 15) is 4.79 Å². The van der Waals surface area contributed by atoms with E-state index in [2.05, 4.69) is 11.4 Å². The van der Waals surface area contributed by atoms with Crippen LogP contribution in [0.4, 0.5) is 0 Å². The molecule has 0 aromatic carbocycles. The van der Waals surface area contributed by atoms with E-state index >= 15 is 0 Å². The predicted molar refractivity (Wildman–Crippen MR) is 65.5 cm³/mol. The molecule has 0 bridgehead atoms. The minimum atomic E-state index is -0.179. The number of carbonyl (C=O) groups is 1. The highest BCUT2D eigenvalue weighted by Crippen LogP contribution is 2.08. The highest BCUT2D eigenvalue weighted by Gasteiger charge is 2.10. The van der Waals surface area contributed by atoms with E-state index in [1.165, 1.54) is 4.88 Å². The van der Waals surface area contributed by atoms with Crippen molar-refractivity contribution in [3.63, 3.8) is 0 Å². The number of nitrogens with two attached hydrogens (primary N) is 1. The maximum Gasteiger partial charge on any atom is 0.222 e. The van der Waals surface area contributed by atoms with Gasteiger partial charge in [-0.3, -0.25) is 4.79 Å². The van der Waals surface area contributed by atoms with Gasteiger partial charge in [-0.25, -0.2) is 0 Å². The number of rotatable bonds is 7. The maximum absolute atomic E-state index is 11.5. The van der Waals surface area contributed by atoms with Crippen molar-refractivity contribution in [2.24, 2.45) is 5.73 Å². The molecule has 0 radical (unpaired) electrons. The third-order valence-corrected chi connectivity index (χ3v) is 3.22. The second-order valence-corrected chi connectivity index (χ2v) is 4.51. The average Bonchev–Trinajstić information content (AvgIpc) is 2.79. The normalized spacial score (nSPS) is 12.4. The summed E-state index contributed by atoms with van der Waals surface area (Å²) < 4.78 is 5.04. The van der Waals surface area contributed by atoms with E-state index in [0.717, 1.165) is 6.42 Å². The zero-order valence-corrected chi connectivity index (χ0v) is 10.3. The topological polar surface area (TPSA) is 64.3 Å². The van der Waals surface area contributed by atoms with Crippen LogP contribution in [-0.2, 0) is 16.0 Å². The lowest BCUT2D eigenvalue weighted by atomic mass is 10.2. The van der Waals surface area contributed by atoms with Gasteiger partial charge < -0.3 is 15.8 Å². The van der Waals surface area contributed by atoms with Gasteiger partial charge in [0, 0.05) is 25.1 Å². The number of hydrogen-bond donors (Lipinski definition) is 2. The summed E-state index contributed by atoms with van der Waals surface area (Å²) in [5.74, 6) is -0.00569. The molecule has 16 heavy (non-hydrogen) atoms. The molecule has 4 nitrogen and oxygen atoms in total. The Balaban J connectivity index is 2.15. The Hall–Kier alpha value is -0.910. The summed E-state index contributed by atoms with van der Waals surface area (Å²) in [7, 11) is 1.57. The van der Waals surface area contributed by atoms with E-state index < -0.39 is 0 Å². The molecular weight excluding hydrogens is 224 g/mol. The Labute approximate surface area is 99.8 Å². The van der Waals surface area contributed by atoms with Gasteiger partial charge in [-0.1, -0.05) is 6.07 Å². The van der Waals surface area contributed by atoms with Gasteiger partial charge in [0.05, 0.1) is 12.5 Å². The smallest absolute Gasteiger partial charge is 0.222 e. The lowest BCUT2D eigenvalue weighted by molar-refractivity contribution is -0.123. The lowest BCUT2D eigenvalue weighted by Crippen LogP contribution is -2.33. The van der Waals surface area contributed by atoms with Crippen molar-refractivity contribution in [1.29, 1.82) is 0 Å². The molecule has 0 fully saturated rings. The van der Waals surface area contributed by atoms with E-state index in [1.807, 2.05) is 11.4 Å². The molecule has 0 aliphatic heterocycles. The molecule has 1 atom stereocenters. The molecule has 3 N–H and O–H groups in total. The van der Waals surface area contributed by atoms with Crippen molar-refractivity contribution in [2.75, 3.05) is 20.2 Å². The molecule has 1 aromatic heterocycles. The van der Waals surface area contributed by atoms with E-state index in [1.54, 1.807) is 18.4 Å². The molecular formula is C11H18N2O2S. The molecule has 1 amide bonds. The second-order valence-electron chi connectivity index (χ2n) is 3.48. The molecule has 1 heterocycles. The molecule has 0 saturated carbocycles. The van der Waals surface area contributed by atoms with Gasteiger partial charge in [0.15, 0.2) is 0 Å². The van der Waals surface area contributed by atoms with Crippen molar-refractivity contribution >= 4 is 17.2 Å². The number of hydrogen-bond acceptors (Lipinski definition) is 4. The van der Waals surface area contributed by atoms with Crippen LogP contribution in [0.25, 0.3) is 0 Å². The third kappa shape index (κ3) is 4.74. The van der Waals surface area contributed by atoms with Crippen LogP contribution in [0.15, 0.2) is 17.5 Å². The fourth-order valence-corrected chi connectivity index (χ4v) is 2.03. The summed E-state index contributed by atoms with van der Waals surface area (Å²) >= 11 is 1.70. The standard InChI is InChI=1S/C11H18N2O2S/c1-15-9(8-12)7-11(14)13-5-4-10-3-2-6-16-10/h2-3,6,9H,4-5,7-8,12H2,1H3,(H,13,14). The minimum Gasteiger partial charge on any atom is -0.380 e. The monoisotopic (exact) mass is 242 g/mol. The number of thiophene rings is 1. The Bertz CT molecular complexity index is 297. The summed E-state index contributed by atoms with van der Waals surface area (Å²) in [5.41, 5.74) is 5.43. The van der Waals surface area contributed by atoms with E-state index in [4.69, 9.17) is 10.5 Å². The minimum absolute atomic E-state index is 0.00569. The first-order chi connectivity index (χ1) is 7.76. The molecule has 0 saturated heterocycles. The van der Waals surface area contributed by atoms with E-state index in [-0.39, 0.29) is 12.0 Å². The Morgan fingerprint density at radius 1 is 1.69 bits per heavy atom. The number of ether oxygens (including phenoxy) is 1. The molecule has 0 aliphatic carbocycles. The Morgan fingerprint density at radius 2 is 2.50 bits per heavy atom. The van der Waals surface area contributed by atoms with Crippen molar-refractivity contribution in [1.82, 2.24) is 5.32 Å². The highest BCUT2D eigenvalue weighted by atomic mass is 32.1. The van der Waals surface area contributed by atoms with Gasteiger partial charge >= 0.3 is 0 Å². The first kappa shape index (κ1) is 13.2. The van der Waals surface area contributed by atoms with Crippen molar-refractivity contribution in [3.8, 4) is 0 Å². The Morgan fingerprint density at radius 3 is 3.06 bits per heavy atom. The van der Waals surface area contributed by atoms with Crippen LogP contribution in [0, 0.1) is 0 Å². The Kier molecular flexibility index (Phi) is 6.07. The zero-order chi connectivity index (χ0) is 11.8. The number of amides is 1. The van der Waals surface area contributed by atoms with Crippen molar-refractivity contribution in [3.05, 3.63) is 22.4 Å². The summed E-state index contributed by atoms with van der Waals surface area (Å²) in [6.45, 7) is 1.04. The molecule has 0 aliphatic rings. The van der Waals surface area contributed by atoms with Crippen molar-refractivity contribution in [2.45, 2.75) is 18.9 Å². The first-order valence-corrected chi connectivity index (χ1v) is 6.16. The summed E-state index contributed by atoms with van der Waals surface area (Å²) in [5, 5.41) is 4.89. The van der Waals surface area contributed by atoms with Gasteiger partial charge in [-0.2, -0.15) is 0 Å². The summed E-state index contributed by atoms with van der Waals surface area (Å²) in [6.07, 6.45) is 1.03. The molecule has 5 heteroatoms. The fourth-order valence-electron chi connectivity index (χ4n) is 1.32. The molecule has 90 valence electrons. The van der Waals surface area contributed by atoms with Gasteiger partial charge in [0.2, 0.25) is 5.91 Å². The van der Waals surface area contributed by atoms with Crippen LogP contribution >= 0.6 is 11.3 Å². The van der Waals surface area contributed by atoms with Crippen LogP contribution < -0.4 is 11.1 Å². The number of methoxy groups -OCH3 is 1. The van der Waals surface area contributed by atoms with Gasteiger partial charge in [0.25, 0.3) is 0 Å². The summed E-state index contributed by atoms with van der Waals surface area (Å²) in [6, 6.07) is 4.08. The van der Waals surface area contributed by atoms with Gasteiger partial charge in [-0.15, -0.1) is 11.3 Å². The van der Waals surface area contributed by atoms with E-state index in [0.29, 0.717) is 19.5 Å². The van der Waals surface area contributed by atoms with Crippen molar-refractivity contribution < 1.29 is 9.53 Å². The average molecular weight is 242 g/mol. The molecule has 0 spiro atoms. The number of carbonyl (C=O) groups excluding carboxylic acids is 1. The SMILES string of the molecule is COC(CN)CC(=O)NCCc1cccs1. The first-order valence-electron chi connectivity index (χ1n) is 5.28. The van der Waals surface area contributed by atoms with Crippen LogP contribution in [-0.4, -0.2) is 32.2 Å². The van der Waals surface area contributed by atoms with Crippen LogP contribution in [0.2, 0.25) is 0 Å². The lowest BCUT2D eigenvalue weighted by Gasteiger charge is -2.12. The second kappa shape index (κ2) is 7.38. The largest absolute Gasteiger partial charge is 0.380 e. The molecule has 1 aromatic rings. The maximum atomic E-state index is 11.5. The fraction of sp³-hybridized carbons (Fsp3) is 0.545. The highest BCUT2D eigenvalue weighted by molar-refractivity contribution is 7.09. The zero-order valence-electron chi connectivity index (χ0n) is 9.44. The summed E-state index contributed by atoms with van der Waals surface area (Å²) in [4.78, 5) is 12.7. The molecule has 1 rings (SSSR count). The van der Waals surface area contributed by atoms with Crippen LogP contribution in [0.1, 0.15) is 11.3 Å². The van der Waals surface area contributed by atoms with Gasteiger partial charge in [0.1, 0.15) is 0 Å². The van der Waals surface area contributed by atoms with Gasteiger partial charge in [-0.05, 0) is 17.9 Å².